The Morgan fingerprint density at radius 3 is 2.43 bits per heavy atom. The smallest absolute Gasteiger partial charge is 0.317 e. The Morgan fingerprint density at radius 2 is 1.71 bits per heavy atom. The summed E-state index contributed by atoms with van der Waals surface area (Å²) in [5, 5.41) is 2.99. The standard InChI is InChI=1S/C21H25N3O4/c1-26-18-5-2-16(3-6-18)15-22-21(25)24-10-8-23(9-11-24)17-4-7-19-20(14-17)28-13-12-27-19/h2-7,14H,8-13,15H2,1H3,(H,22,25). The second-order valence-electron chi connectivity index (χ2n) is 6.81. The molecule has 1 saturated heterocycles. The number of nitrogens with one attached hydrogen (secondary N) is 1. The minimum absolute atomic E-state index is 0.0300. The lowest BCUT2D eigenvalue weighted by Gasteiger charge is -2.36. The van der Waals surface area contributed by atoms with E-state index in [0.29, 0.717) is 32.8 Å². The second-order valence-corrected chi connectivity index (χ2v) is 6.81. The van der Waals surface area contributed by atoms with Crippen LogP contribution in [0.1, 0.15) is 5.56 Å². The molecule has 0 atom stereocenters. The number of methoxy groups -OCH3 is 1. The SMILES string of the molecule is COc1ccc(CNC(=O)N2CCN(c3ccc4c(c3)OCCO4)CC2)cc1. The first-order valence-corrected chi connectivity index (χ1v) is 9.53. The number of ether oxygens (including phenoxy) is 3. The van der Waals surface area contributed by atoms with E-state index in [1.165, 1.54) is 0 Å². The van der Waals surface area contributed by atoms with Crippen LogP contribution in [-0.2, 0) is 6.54 Å². The van der Waals surface area contributed by atoms with E-state index in [0.717, 1.165) is 41.6 Å². The van der Waals surface area contributed by atoms with E-state index in [-0.39, 0.29) is 6.03 Å². The molecule has 0 saturated carbocycles. The Labute approximate surface area is 164 Å². The molecule has 1 fully saturated rings. The number of carbonyl (C=O) groups is 1. The van der Waals surface area contributed by atoms with E-state index < -0.39 is 0 Å². The summed E-state index contributed by atoms with van der Waals surface area (Å²) in [6.45, 7) is 4.62. The highest BCUT2D eigenvalue weighted by Crippen LogP contribution is 2.34. The van der Waals surface area contributed by atoms with Gasteiger partial charge in [-0.25, -0.2) is 4.79 Å². The van der Waals surface area contributed by atoms with Gasteiger partial charge in [-0.05, 0) is 29.8 Å². The molecular weight excluding hydrogens is 358 g/mol. The van der Waals surface area contributed by atoms with Crippen molar-refractivity contribution in [2.24, 2.45) is 0 Å². The molecule has 0 aliphatic carbocycles. The Bertz CT molecular complexity index is 817. The monoisotopic (exact) mass is 383 g/mol. The van der Waals surface area contributed by atoms with E-state index in [4.69, 9.17) is 14.2 Å². The number of urea groups is 1. The maximum Gasteiger partial charge on any atom is 0.317 e. The predicted molar refractivity (Wildman–Crippen MR) is 106 cm³/mol. The Morgan fingerprint density at radius 1 is 1.00 bits per heavy atom. The van der Waals surface area contributed by atoms with Gasteiger partial charge in [-0.1, -0.05) is 12.1 Å². The molecule has 0 bridgehead atoms. The minimum Gasteiger partial charge on any atom is -0.497 e. The number of fused-ring (bicyclic) bond motifs is 1. The molecule has 148 valence electrons. The first-order valence-electron chi connectivity index (χ1n) is 9.53. The minimum atomic E-state index is -0.0300. The molecule has 7 heteroatoms. The number of carbonyl (C=O) groups excluding carboxylic acids is 1. The third-order valence-electron chi connectivity index (χ3n) is 5.06. The van der Waals surface area contributed by atoms with E-state index in [2.05, 4.69) is 10.2 Å². The summed E-state index contributed by atoms with van der Waals surface area (Å²) >= 11 is 0. The lowest BCUT2D eigenvalue weighted by molar-refractivity contribution is 0.171. The third-order valence-corrected chi connectivity index (χ3v) is 5.06. The average molecular weight is 383 g/mol. The van der Waals surface area contributed by atoms with Crippen LogP contribution in [0, 0.1) is 0 Å². The second kappa shape index (κ2) is 8.29. The zero-order valence-corrected chi connectivity index (χ0v) is 16.0. The number of nitrogens with zero attached hydrogens (tertiary/aromatic N) is 2. The van der Waals surface area contributed by atoms with Crippen molar-refractivity contribution >= 4 is 11.7 Å². The fourth-order valence-electron chi connectivity index (χ4n) is 3.43. The van der Waals surface area contributed by atoms with Gasteiger partial charge in [0.1, 0.15) is 19.0 Å². The van der Waals surface area contributed by atoms with Gasteiger partial charge in [-0.2, -0.15) is 0 Å². The summed E-state index contributed by atoms with van der Waals surface area (Å²) in [7, 11) is 1.64. The van der Waals surface area contributed by atoms with E-state index >= 15 is 0 Å². The number of anilines is 1. The quantitative estimate of drug-likeness (QED) is 0.879. The fourth-order valence-corrected chi connectivity index (χ4v) is 3.43. The van der Waals surface area contributed by atoms with Gasteiger partial charge in [0, 0.05) is 44.5 Å². The van der Waals surface area contributed by atoms with Crippen LogP contribution in [0.2, 0.25) is 0 Å². The van der Waals surface area contributed by atoms with Gasteiger partial charge in [-0.15, -0.1) is 0 Å². The molecule has 2 aliphatic heterocycles. The molecular formula is C21H25N3O4. The number of rotatable bonds is 4. The van der Waals surface area contributed by atoms with Gasteiger partial charge in [-0.3, -0.25) is 0 Å². The van der Waals surface area contributed by atoms with Crippen molar-refractivity contribution in [1.29, 1.82) is 0 Å². The number of amides is 2. The zero-order valence-electron chi connectivity index (χ0n) is 16.0. The van der Waals surface area contributed by atoms with Crippen molar-refractivity contribution in [3.63, 3.8) is 0 Å². The van der Waals surface area contributed by atoms with Gasteiger partial charge in [0.2, 0.25) is 0 Å². The highest BCUT2D eigenvalue weighted by molar-refractivity contribution is 5.74. The topological polar surface area (TPSA) is 63.3 Å². The molecule has 4 rings (SSSR count). The highest BCUT2D eigenvalue weighted by atomic mass is 16.6. The summed E-state index contributed by atoms with van der Waals surface area (Å²) in [6, 6.07) is 13.7. The van der Waals surface area contributed by atoms with E-state index in [1.807, 2.05) is 47.4 Å². The van der Waals surface area contributed by atoms with Crippen molar-refractivity contribution in [3.05, 3.63) is 48.0 Å². The van der Waals surface area contributed by atoms with Crippen molar-refractivity contribution in [2.45, 2.75) is 6.54 Å². The molecule has 0 aromatic heterocycles. The van der Waals surface area contributed by atoms with Crippen LogP contribution in [0.5, 0.6) is 17.2 Å². The largest absolute Gasteiger partial charge is 0.497 e. The Balaban J connectivity index is 1.28. The zero-order chi connectivity index (χ0) is 19.3. The average Bonchev–Trinajstić information content (AvgIpc) is 2.77. The first-order chi connectivity index (χ1) is 13.7. The number of hydrogen-bond donors (Lipinski definition) is 1. The molecule has 7 nitrogen and oxygen atoms in total. The molecule has 2 aromatic rings. The lowest BCUT2D eigenvalue weighted by atomic mass is 10.2. The van der Waals surface area contributed by atoms with Crippen molar-refractivity contribution < 1.29 is 19.0 Å². The van der Waals surface area contributed by atoms with Gasteiger partial charge in [0.05, 0.1) is 7.11 Å². The maximum atomic E-state index is 12.5. The first kappa shape index (κ1) is 18.3. The predicted octanol–water partition coefficient (Wildman–Crippen LogP) is 2.50. The van der Waals surface area contributed by atoms with Crippen molar-refractivity contribution in [1.82, 2.24) is 10.2 Å². The van der Waals surface area contributed by atoms with Gasteiger partial charge in [0.15, 0.2) is 11.5 Å². The molecule has 0 radical (unpaired) electrons. The van der Waals surface area contributed by atoms with Crippen LogP contribution >= 0.6 is 0 Å². The van der Waals surface area contributed by atoms with Crippen LogP contribution < -0.4 is 24.4 Å². The van der Waals surface area contributed by atoms with Crippen LogP contribution in [0.3, 0.4) is 0 Å². The maximum absolute atomic E-state index is 12.5. The molecule has 2 aromatic carbocycles. The van der Waals surface area contributed by atoms with Crippen LogP contribution in [0.25, 0.3) is 0 Å². The molecule has 2 heterocycles. The van der Waals surface area contributed by atoms with Gasteiger partial charge in [0.25, 0.3) is 0 Å². The highest BCUT2D eigenvalue weighted by Gasteiger charge is 2.22. The molecule has 1 N–H and O–H groups in total. The van der Waals surface area contributed by atoms with Crippen LogP contribution in [-0.4, -0.2) is 57.4 Å². The lowest BCUT2D eigenvalue weighted by Crippen LogP contribution is -2.51. The molecule has 2 amide bonds. The summed E-state index contributed by atoms with van der Waals surface area (Å²) in [5.41, 5.74) is 2.15. The molecule has 2 aliphatic rings. The van der Waals surface area contributed by atoms with Crippen LogP contribution in [0.4, 0.5) is 10.5 Å². The van der Waals surface area contributed by atoms with Crippen molar-refractivity contribution in [3.8, 4) is 17.2 Å². The number of piperazine rings is 1. The molecule has 0 spiro atoms. The third kappa shape index (κ3) is 4.08. The number of benzene rings is 2. The summed E-state index contributed by atoms with van der Waals surface area (Å²) < 4.78 is 16.4. The Hall–Kier alpha value is -3.09. The van der Waals surface area contributed by atoms with E-state index in [1.54, 1.807) is 7.11 Å². The summed E-state index contributed by atoms with van der Waals surface area (Å²) in [6.07, 6.45) is 0. The summed E-state index contributed by atoms with van der Waals surface area (Å²) in [4.78, 5) is 16.6. The molecule has 28 heavy (non-hydrogen) atoms. The fraction of sp³-hybridized carbons (Fsp3) is 0.381. The number of hydrogen-bond acceptors (Lipinski definition) is 5. The summed E-state index contributed by atoms with van der Waals surface area (Å²) in [5.74, 6) is 2.40. The molecule has 0 unspecified atom stereocenters. The van der Waals surface area contributed by atoms with Crippen LogP contribution in [0.15, 0.2) is 42.5 Å². The van der Waals surface area contributed by atoms with Crippen molar-refractivity contribution in [2.75, 3.05) is 51.4 Å². The van der Waals surface area contributed by atoms with Gasteiger partial charge >= 0.3 is 6.03 Å². The van der Waals surface area contributed by atoms with Gasteiger partial charge < -0.3 is 29.3 Å². The normalized spacial score (nSPS) is 15.9. The van der Waals surface area contributed by atoms with E-state index in [9.17, 15) is 4.79 Å². The Kier molecular flexibility index (Phi) is 5.41.